The van der Waals surface area contributed by atoms with Crippen LogP contribution >= 0.6 is 0 Å². The molecule has 4 nitrogen and oxygen atoms in total. The van der Waals surface area contributed by atoms with Crippen LogP contribution in [0.25, 0.3) is 0 Å². The lowest BCUT2D eigenvalue weighted by atomic mass is 9.86. The molecule has 0 aliphatic heterocycles. The van der Waals surface area contributed by atoms with Crippen LogP contribution in [-0.2, 0) is 0 Å². The molecule has 0 aromatic carbocycles. The zero-order chi connectivity index (χ0) is 8.97. The van der Waals surface area contributed by atoms with E-state index >= 15 is 0 Å². The Morgan fingerprint density at radius 2 is 2.08 bits per heavy atom. The maximum Gasteiger partial charge on any atom is 0.419 e. The fourth-order valence-electron chi connectivity index (χ4n) is 1.69. The molecule has 0 unspecified atom stereocenters. The third-order valence-electron chi connectivity index (χ3n) is 2.48. The number of hydrazine groups is 1. The van der Waals surface area contributed by atoms with Gasteiger partial charge in [-0.1, -0.05) is 19.8 Å². The van der Waals surface area contributed by atoms with Crippen molar-refractivity contribution in [3.05, 3.63) is 0 Å². The smallest absolute Gasteiger partial charge is 0.419 e. The third-order valence-corrected chi connectivity index (χ3v) is 2.48. The van der Waals surface area contributed by atoms with Gasteiger partial charge >= 0.3 is 6.09 Å². The van der Waals surface area contributed by atoms with E-state index in [2.05, 4.69) is 17.8 Å². The van der Waals surface area contributed by atoms with E-state index in [0.29, 0.717) is 12.0 Å². The molecule has 1 aliphatic carbocycles. The van der Waals surface area contributed by atoms with E-state index in [4.69, 9.17) is 5.11 Å². The fraction of sp³-hybridized carbons (Fsp3) is 0.875. The van der Waals surface area contributed by atoms with Gasteiger partial charge in [-0.2, -0.15) is 0 Å². The molecule has 70 valence electrons. The largest absolute Gasteiger partial charge is 0.464 e. The van der Waals surface area contributed by atoms with Gasteiger partial charge in [0.15, 0.2) is 0 Å². The maximum atomic E-state index is 10.2. The number of carboxylic acid groups (broad SMARTS) is 1. The Hall–Kier alpha value is -0.770. The van der Waals surface area contributed by atoms with Gasteiger partial charge in [-0.25, -0.2) is 10.2 Å². The van der Waals surface area contributed by atoms with Gasteiger partial charge in [0.1, 0.15) is 0 Å². The van der Waals surface area contributed by atoms with Crippen molar-refractivity contribution in [1.29, 1.82) is 0 Å². The summed E-state index contributed by atoms with van der Waals surface area (Å²) in [6.07, 6.45) is 3.73. The van der Waals surface area contributed by atoms with Gasteiger partial charge in [-0.05, 0) is 18.8 Å². The first-order valence-corrected chi connectivity index (χ1v) is 4.44. The first kappa shape index (κ1) is 9.32. The van der Waals surface area contributed by atoms with Gasteiger partial charge < -0.3 is 5.11 Å². The molecule has 0 saturated heterocycles. The van der Waals surface area contributed by atoms with E-state index in [0.717, 1.165) is 6.42 Å². The minimum Gasteiger partial charge on any atom is -0.464 e. The summed E-state index contributed by atoms with van der Waals surface area (Å²) in [7, 11) is 0. The zero-order valence-electron chi connectivity index (χ0n) is 7.34. The van der Waals surface area contributed by atoms with Crippen molar-refractivity contribution >= 4 is 6.09 Å². The van der Waals surface area contributed by atoms with Crippen molar-refractivity contribution in [2.45, 2.75) is 38.6 Å². The van der Waals surface area contributed by atoms with E-state index in [1.54, 1.807) is 0 Å². The molecule has 1 rings (SSSR count). The molecule has 1 amide bonds. The van der Waals surface area contributed by atoms with E-state index in [9.17, 15) is 4.79 Å². The quantitative estimate of drug-likeness (QED) is 0.551. The highest BCUT2D eigenvalue weighted by atomic mass is 16.4. The Morgan fingerprint density at radius 1 is 1.42 bits per heavy atom. The second kappa shape index (κ2) is 4.30. The first-order valence-electron chi connectivity index (χ1n) is 4.44. The second-order valence-corrected chi connectivity index (χ2v) is 3.44. The molecule has 0 heterocycles. The van der Waals surface area contributed by atoms with Crippen LogP contribution in [0.2, 0.25) is 0 Å². The lowest BCUT2D eigenvalue weighted by Gasteiger charge is -2.28. The average Bonchev–Trinajstić information content (AvgIpc) is 2.03. The normalized spacial score (nSPS) is 29.8. The molecule has 2 atom stereocenters. The molecule has 3 N–H and O–H groups in total. The van der Waals surface area contributed by atoms with Gasteiger partial charge in [0.25, 0.3) is 0 Å². The van der Waals surface area contributed by atoms with Crippen LogP contribution in [-0.4, -0.2) is 17.2 Å². The number of hydrogen-bond acceptors (Lipinski definition) is 2. The van der Waals surface area contributed by atoms with Gasteiger partial charge in [0.2, 0.25) is 0 Å². The van der Waals surface area contributed by atoms with Crippen LogP contribution in [0, 0.1) is 5.92 Å². The van der Waals surface area contributed by atoms with Crippen LogP contribution in [0.3, 0.4) is 0 Å². The van der Waals surface area contributed by atoms with E-state index in [1.807, 2.05) is 0 Å². The highest BCUT2D eigenvalue weighted by Gasteiger charge is 2.20. The van der Waals surface area contributed by atoms with Crippen LogP contribution in [0.5, 0.6) is 0 Å². The molecule has 1 saturated carbocycles. The maximum absolute atomic E-state index is 10.2. The van der Waals surface area contributed by atoms with Crippen molar-refractivity contribution in [2.24, 2.45) is 5.92 Å². The summed E-state index contributed by atoms with van der Waals surface area (Å²) in [5.41, 5.74) is 5.03. The van der Waals surface area contributed by atoms with Crippen LogP contribution in [0.1, 0.15) is 32.6 Å². The Bertz CT molecular complexity index is 161. The lowest BCUT2D eigenvalue weighted by Crippen LogP contribution is -2.47. The summed E-state index contributed by atoms with van der Waals surface area (Å²) in [4.78, 5) is 10.2. The minimum atomic E-state index is -1.01. The molecular formula is C8H16N2O2. The van der Waals surface area contributed by atoms with Crippen LogP contribution < -0.4 is 10.9 Å². The summed E-state index contributed by atoms with van der Waals surface area (Å²) in [6.45, 7) is 2.15. The van der Waals surface area contributed by atoms with Gasteiger partial charge in [-0.3, -0.25) is 5.43 Å². The number of hydrogen-bond donors (Lipinski definition) is 3. The van der Waals surface area contributed by atoms with Crippen LogP contribution in [0.15, 0.2) is 0 Å². The number of nitrogens with one attached hydrogen (secondary N) is 2. The SMILES string of the molecule is C[C@H]1CCCC[C@@H]1NNC(=O)O. The third kappa shape index (κ3) is 2.70. The molecule has 0 aromatic rings. The van der Waals surface area contributed by atoms with E-state index in [1.165, 1.54) is 19.3 Å². The van der Waals surface area contributed by atoms with E-state index in [-0.39, 0.29) is 0 Å². The molecule has 12 heavy (non-hydrogen) atoms. The topological polar surface area (TPSA) is 61.4 Å². The molecule has 0 spiro atoms. The van der Waals surface area contributed by atoms with Crippen molar-refractivity contribution in [3.8, 4) is 0 Å². The summed E-state index contributed by atoms with van der Waals surface area (Å²) >= 11 is 0. The molecule has 0 bridgehead atoms. The minimum absolute atomic E-state index is 0.315. The fourth-order valence-corrected chi connectivity index (χ4v) is 1.69. The predicted molar refractivity (Wildman–Crippen MR) is 45.7 cm³/mol. The summed E-state index contributed by atoms with van der Waals surface area (Å²) in [5.74, 6) is 0.575. The van der Waals surface area contributed by atoms with Crippen molar-refractivity contribution in [2.75, 3.05) is 0 Å². The molecule has 0 radical (unpaired) electrons. The van der Waals surface area contributed by atoms with Crippen molar-refractivity contribution in [1.82, 2.24) is 10.9 Å². The molecular weight excluding hydrogens is 156 g/mol. The summed E-state index contributed by atoms with van der Waals surface area (Å²) in [5, 5.41) is 8.36. The Morgan fingerprint density at radius 3 is 2.67 bits per heavy atom. The number of amides is 1. The monoisotopic (exact) mass is 172 g/mol. The second-order valence-electron chi connectivity index (χ2n) is 3.44. The zero-order valence-corrected chi connectivity index (χ0v) is 7.34. The van der Waals surface area contributed by atoms with E-state index < -0.39 is 6.09 Å². The van der Waals surface area contributed by atoms with Gasteiger partial charge in [-0.15, -0.1) is 0 Å². The highest BCUT2D eigenvalue weighted by Crippen LogP contribution is 2.22. The van der Waals surface area contributed by atoms with Crippen molar-refractivity contribution < 1.29 is 9.90 Å². The molecule has 1 fully saturated rings. The molecule has 0 aromatic heterocycles. The Kier molecular flexibility index (Phi) is 3.34. The van der Waals surface area contributed by atoms with Gasteiger partial charge in [0, 0.05) is 6.04 Å². The van der Waals surface area contributed by atoms with Crippen molar-refractivity contribution in [3.63, 3.8) is 0 Å². The molecule has 1 aliphatic rings. The number of carbonyl (C=O) groups is 1. The number of rotatable bonds is 2. The van der Waals surface area contributed by atoms with Gasteiger partial charge in [0.05, 0.1) is 0 Å². The summed E-state index contributed by atoms with van der Waals surface area (Å²) in [6, 6.07) is 0.315. The Balaban J connectivity index is 2.24. The average molecular weight is 172 g/mol. The predicted octanol–water partition coefficient (Wildman–Crippen LogP) is 1.34. The lowest BCUT2D eigenvalue weighted by molar-refractivity contribution is 0.177. The van der Waals surface area contributed by atoms with Crippen LogP contribution in [0.4, 0.5) is 4.79 Å². The standard InChI is InChI=1S/C8H16N2O2/c1-6-4-2-3-5-7(6)9-10-8(11)12/h6-7,9-10H,2-5H2,1H3,(H,11,12)/t6-,7-/m0/s1. The first-order chi connectivity index (χ1) is 5.70. The summed E-state index contributed by atoms with van der Waals surface area (Å²) < 4.78 is 0. The Labute approximate surface area is 72.3 Å². The highest BCUT2D eigenvalue weighted by molar-refractivity contribution is 5.63. The molecule has 4 heteroatoms.